The van der Waals surface area contributed by atoms with E-state index in [1.165, 1.54) is 5.56 Å². The maximum absolute atomic E-state index is 12.4. The van der Waals surface area contributed by atoms with Gasteiger partial charge in [0, 0.05) is 25.0 Å². The summed E-state index contributed by atoms with van der Waals surface area (Å²) in [5.41, 5.74) is 9.16. The highest BCUT2D eigenvalue weighted by molar-refractivity contribution is 5.95. The number of amides is 1. The van der Waals surface area contributed by atoms with E-state index in [1.54, 1.807) is 0 Å². The highest BCUT2D eigenvalue weighted by atomic mass is 35.5. The zero-order chi connectivity index (χ0) is 18.4. The third-order valence-corrected chi connectivity index (χ3v) is 4.83. The molecule has 0 saturated carbocycles. The van der Waals surface area contributed by atoms with Crippen LogP contribution in [0.15, 0.2) is 48.5 Å². The Bertz CT molecular complexity index is 748. The fraction of sp³-hybridized carbons (Fsp3) is 0.381. The number of anilines is 1. The number of rotatable bonds is 6. The molecule has 1 saturated heterocycles. The Morgan fingerprint density at radius 3 is 2.70 bits per heavy atom. The molecule has 0 aliphatic carbocycles. The second-order valence-corrected chi connectivity index (χ2v) is 6.71. The normalized spacial score (nSPS) is 15.5. The quantitative estimate of drug-likeness (QED) is 0.788. The van der Waals surface area contributed by atoms with E-state index < -0.39 is 6.04 Å². The average molecular weight is 391 g/mol. The van der Waals surface area contributed by atoms with E-state index in [9.17, 15) is 4.79 Å². The first-order valence-electron chi connectivity index (χ1n) is 9.05. The lowest BCUT2D eigenvalue weighted by atomic mass is 9.92. The maximum Gasteiger partial charge on any atom is 0.241 e. The van der Waals surface area contributed by atoms with Crippen molar-refractivity contribution >= 4 is 24.0 Å². The molecule has 1 heterocycles. The highest BCUT2D eigenvalue weighted by Gasteiger charge is 2.26. The summed E-state index contributed by atoms with van der Waals surface area (Å²) in [6, 6.07) is 15.0. The number of hydrogen-bond acceptors (Lipinski definition) is 4. The fourth-order valence-electron chi connectivity index (χ4n) is 3.11. The molecule has 146 valence electrons. The second-order valence-electron chi connectivity index (χ2n) is 6.71. The number of nitrogens with two attached hydrogens (primary N) is 1. The van der Waals surface area contributed by atoms with Crippen molar-refractivity contribution in [3.63, 3.8) is 0 Å². The van der Waals surface area contributed by atoms with Gasteiger partial charge in [0.05, 0.1) is 6.04 Å². The van der Waals surface area contributed by atoms with Gasteiger partial charge in [0.1, 0.15) is 12.4 Å². The predicted molar refractivity (Wildman–Crippen MR) is 109 cm³/mol. The molecule has 2 aromatic carbocycles. The summed E-state index contributed by atoms with van der Waals surface area (Å²) in [4.78, 5) is 12.4. The van der Waals surface area contributed by atoms with Crippen LogP contribution in [-0.2, 0) is 16.1 Å². The van der Waals surface area contributed by atoms with E-state index in [0.717, 1.165) is 18.4 Å². The molecule has 3 rings (SSSR count). The lowest BCUT2D eigenvalue weighted by molar-refractivity contribution is -0.119. The number of nitrogens with one attached hydrogen (secondary N) is 1. The summed E-state index contributed by atoms with van der Waals surface area (Å²) >= 11 is 0. The molecular weight excluding hydrogens is 364 g/mol. The summed E-state index contributed by atoms with van der Waals surface area (Å²) < 4.78 is 11.2. The van der Waals surface area contributed by atoms with Crippen molar-refractivity contribution in [2.24, 2.45) is 11.7 Å². The molecule has 1 unspecified atom stereocenters. The number of ether oxygens (including phenoxy) is 2. The number of benzene rings is 2. The topological polar surface area (TPSA) is 73.6 Å². The molecule has 0 spiro atoms. The highest BCUT2D eigenvalue weighted by Crippen LogP contribution is 2.22. The molecule has 1 fully saturated rings. The van der Waals surface area contributed by atoms with Crippen LogP contribution in [0, 0.1) is 12.8 Å². The molecule has 5 nitrogen and oxygen atoms in total. The van der Waals surface area contributed by atoms with Crippen LogP contribution >= 0.6 is 12.4 Å². The molecule has 1 aliphatic heterocycles. The van der Waals surface area contributed by atoms with Crippen molar-refractivity contribution in [1.82, 2.24) is 0 Å². The molecule has 2 aromatic rings. The van der Waals surface area contributed by atoms with Gasteiger partial charge in [0.2, 0.25) is 5.91 Å². The predicted octanol–water partition coefficient (Wildman–Crippen LogP) is 3.69. The van der Waals surface area contributed by atoms with Gasteiger partial charge < -0.3 is 20.5 Å². The van der Waals surface area contributed by atoms with Gasteiger partial charge in [-0.1, -0.05) is 30.3 Å². The first-order valence-corrected chi connectivity index (χ1v) is 9.05. The first-order chi connectivity index (χ1) is 12.6. The summed E-state index contributed by atoms with van der Waals surface area (Å²) in [7, 11) is 0. The van der Waals surface area contributed by atoms with E-state index in [4.69, 9.17) is 15.2 Å². The number of hydrogen-bond donors (Lipinski definition) is 2. The van der Waals surface area contributed by atoms with Crippen LogP contribution in [0.5, 0.6) is 5.75 Å². The molecule has 0 radical (unpaired) electrons. The molecule has 1 aliphatic rings. The third kappa shape index (κ3) is 5.96. The average Bonchev–Trinajstić information content (AvgIpc) is 2.68. The standard InChI is InChI=1S/C21H26N2O3.ClH/c1-15-5-2-3-6-17(15)14-26-19-8-4-7-18(13-19)23-21(24)20(22)16-9-11-25-12-10-16;/h2-8,13,16,20H,9-12,14,22H2,1H3,(H,23,24);1H. The van der Waals surface area contributed by atoms with Crippen molar-refractivity contribution in [3.8, 4) is 5.75 Å². The van der Waals surface area contributed by atoms with Gasteiger partial charge in [0.15, 0.2) is 0 Å². The van der Waals surface area contributed by atoms with Crippen LogP contribution in [0.2, 0.25) is 0 Å². The minimum atomic E-state index is -0.518. The molecule has 6 heteroatoms. The van der Waals surface area contributed by atoms with Gasteiger partial charge in [-0.3, -0.25) is 4.79 Å². The van der Waals surface area contributed by atoms with Crippen LogP contribution in [0.25, 0.3) is 0 Å². The third-order valence-electron chi connectivity index (χ3n) is 4.83. The van der Waals surface area contributed by atoms with Gasteiger partial charge >= 0.3 is 0 Å². The Morgan fingerprint density at radius 1 is 1.22 bits per heavy atom. The van der Waals surface area contributed by atoms with E-state index in [1.807, 2.05) is 42.5 Å². The maximum atomic E-state index is 12.4. The van der Waals surface area contributed by atoms with Gasteiger partial charge in [-0.15, -0.1) is 12.4 Å². The molecule has 0 bridgehead atoms. The van der Waals surface area contributed by atoms with Crippen LogP contribution < -0.4 is 15.8 Å². The van der Waals surface area contributed by atoms with Crippen LogP contribution in [0.3, 0.4) is 0 Å². The smallest absolute Gasteiger partial charge is 0.241 e. The fourth-order valence-corrected chi connectivity index (χ4v) is 3.11. The van der Waals surface area contributed by atoms with Gasteiger partial charge in [-0.05, 0) is 48.9 Å². The van der Waals surface area contributed by atoms with Crippen molar-refractivity contribution in [2.75, 3.05) is 18.5 Å². The lowest BCUT2D eigenvalue weighted by Gasteiger charge is -2.26. The van der Waals surface area contributed by atoms with E-state index in [2.05, 4.69) is 18.3 Å². The van der Waals surface area contributed by atoms with E-state index in [0.29, 0.717) is 31.3 Å². The van der Waals surface area contributed by atoms with Gasteiger partial charge in [0.25, 0.3) is 0 Å². The van der Waals surface area contributed by atoms with Crippen LogP contribution in [0.1, 0.15) is 24.0 Å². The summed E-state index contributed by atoms with van der Waals surface area (Å²) in [6.07, 6.45) is 1.66. The second kappa shape index (κ2) is 10.3. The number of halogens is 1. The molecule has 1 amide bonds. The van der Waals surface area contributed by atoms with Gasteiger partial charge in [-0.2, -0.15) is 0 Å². The number of carbonyl (C=O) groups is 1. The monoisotopic (exact) mass is 390 g/mol. The largest absolute Gasteiger partial charge is 0.489 e. The molecular formula is C21H27ClN2O3. The Labute approximate surface area is 166 Å². The van der Waals surface area contributed by atoms with Crippen LogP contribution in [0.4, 0.5) is 5.69 Å². The van der Waals surface area contributed by atoms with E-state index in [-0.39, 0.29) is 24.2 Å². The zero-order valence-electron chi connectivity index (χ0n) is 15.5. The first kappa shape index (κ1) is 21.2. The molecule has 27 heavy (non-hydrogen) atoms. The number of aryl methyl sites for hydroxylation is 1. The molecule has 1 atom stereocenters. The van der Waals surface area contributed by atoms with Crippen molar-refractivity contribution in [2.45, 2.75) is 32.4 Å². The lowest BCUT2D eigenvalue weighted by Crippen LogP contribution is -2.43. The summed E-state index contributed by atoms with van der Waals surface area (Å²) in [5, 5.41) is 2.90. The Hall–Kier alpha value is -2.08. The summed E-state index contributed by atoms with van der Waals surface area (Å²) in [5.74, 6) is 0.725. The minimum absolute atomic E-state index is 0. The van der Waals surface area contributed by atoms with Crippen molar-refractivity contribution in [3.05, 3.63) is 59.7 Å². The molecule has 3 N–H and O–H groups in total. The minimum Gasteiger partial charge on any atom is -0.489 e. The Morgan fingerprint density at radius 2 is 1.96 bits per heavy atom. The van der Waals surface area contributed by atoms with Crippen molar-refractivity contribution < 1.29 is 14.3 Å². The Kier molecular flexibility index (Phi) is 8.10. The van der Waals surface area contributed by atoms with Gasteiger partial charge in [-0.25, -0.2) is 0 Å². The number of carbonyl (C=O) groups excluding carboxylic acids is 1. The van der Waals surface area contributed by atoms with E-state index >= 15 is 0 Å². The van der Waals surface area contributed by atoms with Crippen molar-refractivity contribution in [1.29, 1.82) is 0 Å². The zero-order valence-corrected chi connectivity index (χ0v) is 16.3. The SMILES string of the molecule is Cc1ccccc1COc1cccc(NC(=O)C(N)C2CCOCC2)c1.Cl. The van der Waals surface area contributed by atoms with Crippen LogP contribution in [-0.4, -0.2) is 25.2 Å². The Balaban J connectivity index is 0.00000261. The summed E-state index contributed by atoms with van der Waals surface area (Å²) in [6.45, 7) is 3.90. The molecule has 0 aromatic heterocycles.